The second-order valence-electron chi connectivity index (χ2n) is 3.93. The van der Waals surface area contributed by atoms with Gasteiger partial charge in [-0.25, -0.2) is 16.8 Å². The Balaban J connectivity index is 5.47. The second kappa shape index (κ2) is 6.23. The molecule has 0 aliphatic rings. The molecule has 1 atom stereocenters. The summed E-state index contributed by atoms with van der Waals surface area (Å²) in [6.07, 6.45) is 0.124. The molecule has 0 radical (unpaired) electrons. The number of halogens is 3. The third-order valence-corrected chi connectivity index (χ3v) is 7.48. The fourth-order valence-corrected chi connectivity index (χ4v) is 5.94. The van der Waals surface area contributed by atoms with Crippen LogP contribution in [0.5, 0.6) is 0 Å². The summed E-state index contributed by atoms with van der Waals surface area (Å²) < 4.78 is 80.7. The topological polar surface area (TPSA) is 68.3 Å². The van der Waals surface area contributed by atoms with Gasteiger partial charge in [-0.3, -0.25) is 0 Å². The van der Waals surface area contributed by atoms with Crippen molar-refractivity contribution in [2.75, 3.05) is 5.75 Å². The van der Waals surface area contributed by atoms with Gasteiger partial charge in [0.05, 0.1) is 5.75 Å². The summed E-state index contributed by atoms with van der Waals surface area (Å²) in [5.41, 5.74) is -5.54. The first-order valence-electron chi connectivity index (χ1n) is 5.52. The molecule has 4 nitrogen and oxygen atoms in total. The lowest BCUT2D eigenvalue weighted by molar-refractivity contribution is -0.0439. The fourth-order valence-electron chi connectivity index (χ4n) is 1.39. The minimum atomic E-state index is -5.68. The third-order valence-electron chi connectivity index (χ3n) is 2.38. The van der Waals surface area contributed by atoms with Crippen molar-refractivity contribution in [1.29, 1.82) is 0 Å². The lowest BCUT2D eigenvalue weighted by Crippen LogP contribution is -2.40. The molecule has 0 aromatic rings. The van der Waals surface area contributed by atoms with Crippen LogP contribution in [0.25, 0.3) is 0 Å². The van der Waals surface area contributed by atoms with Gasteiger partial charge in [-0.15, -0.1) is 0 Å². The normalized spacial score (nSPS) is 15.6. The van der Waals surface area contributed by atoms with Crippen LogP contribution in [-0.4, -0.2) is 32.7 Å². The van der Waals surface area contributed by atoms with Crippen LogP contribution in [0.15, 0.2) is 0 Å². The standard InChI is InChI=1S/C9H17F3O4S2/c1-3-5-7-17(13,14)8(6-4-2)18(15,16)9(10,11)12/h8H,3-7H2,1-2H3. The van der Waals surface area contributed by atoms with Gasteiger partial charge in [0.2, 0.25) is 0 Å². The second-order valence-corrected chi connectivity index (χ2v) is 8.65. The maximum atomic E-state index is 12.4. The van der Waals surface area contributed by atoms with Crippen LogP contribution in [-0.2, 0) is 19.7 Å². The van der Waals surface area contributed by atoms with E-state index < -0.39 is 41.9 Å². The monoisotopic (exact) mass is 310 g/mol. The van der Waals surface area contributed by atoms with Crippen LogP contribution in [0.2, 0.25) is 0 Å². The first kappa shape index (κ1) is 17.7. The minimum absolute atomic E-state index is 0.0470. The average Bonchev–Trinajstić information content (AvgIpc) is 2.21. The first-order valence-corrected chi connectivity index (χ1v) is 8.78. The quantitative estimate of drug-likeness (QED) is 0.723. The molecule has 9 heteroatoms. The smallest absolute Gasteiger partial charge is 0.227 e. The highest BCUT2D eigenvalue weighted by molar-refractivity contribution is 8.09. The Morgan fingerprint density at radius 1 is 1.00 bits per heavy atom. The van der Waals surface area contributed by atoms with E-state index >= 15 is 0 Å². The predicted octanol–water partition coefficient (Wildman–Crippen LogP) is 2.26. The molecule has 0 saturated heterocycles. The van der Waals surface area contributed by atoms with E-state index in [0.717, 1.165) is 0 Å². The van der Waals surface area contributed by atoms with Crippen molar-refractivity contribution in [3.63, 3.8) is 0 Å². The van der Waals surface area contributed by atoms with Crippen LogP contribution in [0.4, 0.5) is 13.2 Å². The van der Waals surface area contributed by atoms with Gasteiger partial charge in [0.15, 0.2) is 14.4 Å². The summed E-state index contributed by atoms with van der Waals surface area (Å²) in [6, 6.07) is 0. The first-order chi connectivity index (χ1) is 8.00. The Kier molecular flexibility index (Phi) is 6.12. The Morgan fingerprint density at radius 2 is 1.50 bits per heavy atom. The van der Waals surface area contributed by atoms with Crippen molar-refractivity contribution >= 4 is 19.7 Å². The fraction of sp³-hybridized carbons (Fsp3) is 1.00. The van der Waals surface area contributed by atoms with Gasteiger partial charge in [-0.05, 0) is 12.8 Å². The van der Waals surface area contributed by atoms with Crippen LogP contribution < -0.4 is 0 Å². The van der Waals surface area contributed by atoms with Gasteiger partial charge in [0, 0.05) is 0 Å². The molecule has 0 fully saturated rings. The average molecular weight is 310 g/mol. The van der Waals surface area contributed by atoms with Crippen molar-refractivity contribution in [2.24, 2.45) is 0 Å². The zero-order valence-electron chi connectivity index (χ0n) is 10.2. The Morgan fingerprint density at radius 3 is 1.83 bits per heavy atom. The molecule has 0 N–H and O–H groups in total. The van der Waals surface area contributed by atoms with E-state index in [2.05, 4.69) is 0 Å². The highest BCUT2D eigenvalue weighted by Crippen LogP contribution is 2.32. The summed E-state index contributed by atoms with van der Waals surface area (Å²) in [4.78, 5) is 0. The van der Waals surface area contributed by atoms with E-state index in [9.17, 15) is 30.0 Å². The molecule has 0 aromatic heterocycles. The SMILES string of the molecule is CCCCS(=O)(=O)C(CCC)S(=O)(=O)C(F)(F)F. The highest BCUT2D eigenvalue weighted by Gasteiger charge is 2.54. The zero-order chi connectivity index (χ0) is 14.6. The zero-order valence-corrected chi connectivity index (χ0v) is 11.8. The molecule has 0 aromatic carbocycles. The predicted molar refractivity (Wildman–Crippen MR) is 62.4 cm³/mol. The van der Waals surface area contributed by atoms with Crippen LogP contribution in [0, 0.1) is 0 Å². The number of sulfone groups is 2. The lowest BCUT2D eigenvalue weighted by Gasteiger charge is -2.19. The summed E-state index contributed by atoms with van der Waals surface area (Å²) in [6.45, 7) is 3.11. The van der Waals surface area contributed by atoms with E-state index in [1.807, 2.05) is 0 Å². The number of alkyl halides is 3. The third kappa shape index (κ3) is 4.11. The molecular weight excluding hydrogens is 293 g/mol. The van der Waals surface area contributed by atoms with Crippen LogP contribution >= 0.6 is 0 Å². The summed E-state index contributed by atoms with van der Waals surface area (Å²) in [5.74, 6) is -0.538. The molecule has 0 spiro atoms. The van der Waals surface area contributed by atoms with Crippen LogP contribution in [0.1, 0.15) is 39.5 Å². The molecule has 0 aliphatic heterocycles. The highest BCUT2D eigenvalue weighted by atomic mass is 32.3. The van der Waals surface area contributed by atoms with Crippen LogP contribution in [0.3, 0.4) is 0 Å². The van der Waals surface area contributed by atoms with E-state index in [1.165, 1.54) is 6.92 Å². The molecule has 1 unspecified atom stereocenters. The molecular formula is C9H17F3O4S2. The number of rotatable bonds is 7. The van der Waals surface area contributed by atoms with E-state index in [4.69, 9.17) is 0 Å². The minimum Gasteiger partial charge on any atom is -0.227 e. The molecule has 18 heavy (non-hydrogen) atoms. The Labute approximate surface area is 105 Å². The van der Waals surface area contributed by atoms with Gasteiger partial charge < -0.3 is 0 Å². The summed E-state index contributed by atoms with van der Waals surface area (Å²) in [5, 5.41) is 0. The van der Waals surface area contributed by atoms with Crippen molar-refractivity contribution in [3.8, 4) is 0 Å². The van der Waals surface area contributed by atoms with Gasteiger partial charge in [0.1, 0.15) is 0 Å². The van der Waals surface area contributed by atoms with Gasteiger partial charge in [-0.1, -0.05) is 26.7 Å². The number of hydrogen-bond donors (Lipinski definition) is 0. The van der Waals surface area contributed by atoms with Crippen molar-refractivity contribution < 1.29 is 30.0 Å². The lowest BCUT2D eigenvalue weighted by atomic mass is 10.4. The molecule has 0 saturated carbocycles. The summed E-state index contributed by atoms with van der Waals surface area (Å²) in [7, 11) is -9.97. The maximum Gasteiger partial charge on any atom is 0.498 e. The molecule has 0 rings (SSSR count). The van der Waals surface area contributed by atoms with E-state index in [1.54, 1.807) is 6.92 Å². The van der Waals surface area contributed by atoms with Gasteiger partial charge in [0.25, 0.3) is 9.84 Å². The number of hydrogen-bond acceptors (Lipinski definition) is 4. The molecule has 0 bridgehead atoms. The molecule has 0 heterocycles. The van der Waals surface area contributed by atoms with Crippen molar-refractivity contribution in [1.82, 2.24) is 0 Å². The van der Waals surface area contributed by atoms with Gasteiger partial charge >= 0.3 is 5.51 Å². The molecule has 0 aliphatic carbocycles. The molecule has 0 amide bonds. The van der Waals surface area contributed by atoms with Crippen molar-refractivity contribution in [3.05, 3.63) is 0 Å². The maximum absolute atomic E-state index is 12.4. The van der Waals surface area contributed by atoms with Crippen molar-refractivity contribution in [2.45, 2.75) is 49.6 Å². The van der Waals surface area contributed by atoms with Gasteiger partial charge in [-0.2, -0.15) is 13.2 Å². The Bertz CT molecular complexity index is 451. The van der Waals surface area contributed by atoms with E-state index in [0.29, 0.717) is 6.42 Å². The summed E-state index contributed by atoms with van der Waals surface area (Å²) >= 11 is 0. The largest absolute Gasteiger partial charge is 0.498 e. The molecule has 110 valence electrons. The Hall–Kier alpha value is -0.310. The number of unbranched alkanes of at least 4 members (excludes halogenated alkanes) is 1. The van der Waals surface area contributed by atoms with E-state index in [-0.39, 0.29) is 12.8 Å².